The van der Waals surface area contributed by atoms with Crippen LogP contribution in [0, 0.1) is 0 Å². The number of aliphatic carboxylic acids is 1. The van der Waals surface area contributed by atoms with Crippen molar-refractivity contribution in [2.75, 3.05) is 5.32 Å². The van der Waals surface area contributed by atoms with Crippen molar-refractivity contribution in [1.29, 1.82) is 0 Å². The number of ether oxygens (including phenoxy) is 1. The molecule has 0 radical (unpaired) electrons. The van der Waals surface area contributed by atoms with E-state index in [1.165, 1.54) is 6.33 Å². The van der Waals surface area contributed by atoms with E-state index in [2.05, 4.69) is 15.3 Å². The van der Waals surface area contributed by atoms with Crippen molar-refractivity contribution < 1.29 is 19.7 Å². The van der Waals surface area contributed by atoms with Gasteiger partial charge in [-0.3, -0.25) is 0 Å². The Bertz CT molecular complexity index is 1210. The molecule has 33 heavy (non-hydrogen) atoms. The quantitative estimate of drug-likeness (QED) is 0.350. The number of aromatic hydroxyl groups is 1. The second-order valence-corrected chi connectivity index (χ2v) is 7.50. The number of hydrogen-bond acceptors (Lipinski definition) is 6. The largest absolute Gasteiger partial charge is 0.508 e. The fourth-order valence-electron chi connectivity index (χ4n) is 3.35. The second kappa shape index (κ2) is 10.3. The topological polar surface area (TPSA) is 105 Å². The third-order valence-electron chi connectivity index (χ3n) is 5.04. The fraction of sp³-hybridized carbons (Fsp3) is 0.115. The van der Waals surface area contributed by atoms with Crippen molar-refractivity contribution in [1.82, 2.24) is 9.97 Å². The summed E-state index contributed by atoms with van der Waals surface area (Å²) in [6.07, 6.45) is 1.58. The molecule has 4 rings (SSSR count). The number of carboxylic acid groups (broad SMARTS) is 1. The Morgan fingerprint density at radius 2 is 1.67 bits per heavy atom. The molecule has 166 valence electrons. The Hall–Kier alpha value is -4.39. The summed E-state index contributed by atoms with van der Waals surface area (Å²) in [6.45, 7) is 0.484. The van der Waals surface area contributed by atoms with Gasteiger partial charge < -0.3 is 20.3 Å². The van der Waals surface area contributed by atoms with Gasteiger partial charge in [-0.05, 0) is 47.5 Å². The summed E-state index contributed by atoms with van der Waals surface area (Å²) in [4.78, 5) is 20.2. The molecule has 0 bridgehead atoms. The van der Waals surface area contributed by atoms with Crippen LogP contribution < -0.4 is 10.1 Å². The molecule has 1 heterocycles. The maximum atomic E-state index is 11.8. The average molecular weight is 441 g/mol. The molecule has 0 aliphatic carbocycles. The summed E-state index contributed by atoms with van der Waals surface area (Å²) in [5.41, 5.74) is 3.30. The Labute approximate surface area is 191 Å². The van der Waals surface area contributed by atoms with Crippen LogP contribution in [0.1, 0.15) is 11.1 Å². The molecule has 0 amide bonds. The molecule has 0 spiro atoms. The first kappa shape index (κ1) is 21.8. The minimum atomic E-state index is -1.02. The van der Waals surface area contributed by atoms with E-state index in [-0.39, 0.29) is 12.2 Å². The monoisotopic (exact) mass is 441 g/mol. The Morgan fingerprint density at radius 3 is 2.39 bits per heavy atom. The van der Waals surface area contributed by atoms with Gasteiger partial charge in [0.05, 0.1) is 5.69 Å². The molecule has 0 saturated heterocycles. The van der Waals surface area contributed by atoms with Gasteiger partial charge in [-0.15, -0.1) is 0 Å². The average Bonchev–Trinajstić information content (AvgIpc) is 2.83. The number of nitrogens with one attached hydrogen (secondary N) is 1. The normalized spacial score (nSPS) is 11.5. The van der Waals surface area contributed by atoms with Crippen LogP contribution in [0.15, 0.2) is 91.3 Å². The van der Waals surface area contributed by atoms with Crippen molar-refractivity contribution in [3.63, 3.8) is 0 Å². The predicted octanol–water partition coefficient (Wildman–Crippen LogP) is 4.54. The lowest BCUT2D eigenvalue weighted by molar-refractivity contribution is -0.137. The highest BCUT2D eigenvalue weighted by molar-refractivity contribution is 5.77. The van der Waals surface area contributed by atoms with Crippen molar-refractivity contribution in [2.45, 2.75) is 19.1 Å². The number of aromatic nitrogens is 2. The first-order valence-corrected chi connectivity index (χ1v) is 10.4. The Balaban J connectivity index is 1.43. The highest BCUT2D eigenvalue weighted by Crippen LogP contribution is 2.23. The van der Waals surface area contributed by atoms with Crippen molar-refractivity contribution in [3.05, 3.63) is 102 Å². The summed E-state index contributed by atoms with van der Waals surface area (Å²) in [6, 6.07) is 24.8. The van der Waals surface area contributed by atoms with Crippen LogP contribution in [0.5, 0.6) is 11.5 Å². The summed E-state index contributed by atoms with van der Waals surface area (Å²) in [7, 11) is 0. The molecule has 3 N–H and O–H groups in total. The SMILES string of the molecule is O=C(O)C(Cc1cccc(O)c1)Nc1cc(-c2ccc(OCc3ccccc3)cc2)ncn1. The van der Waals surface area contributed by atoms with Gasteiger partial charge in [-0.1, -0.05) is 42.5 Å². The third-order valence-corrected chi connectivity index (χ3v) is 5.04. The van der Waals surface area contributed by atoms with Gasteiger partial charge in [0.25, 0.3) is 0 Å². The van der Waals surface area contributed by atoms with Gasteiger partial charge in [-0.2, -0.15) is 0 Å². The second-order valence-electron chi connectivity index (χ2n) is 7.50. The Kier molecular flexibility index (Phi) is 6.80. The van der Waals surface area contributed by atoms with Gasteiger partial charge in [0.1, 0.15) is 36.3 Å². The molecular formula is C26H23N3O4. The number of nitrogens with zero attached hydrogens (tertiary/aromatic N) is 2. The van der Waals surface area contributed by atoms with Crippen LogP contribution in [0.2, 0.25) is 0 Å². The van der Waals surface area contributed by atoms with Gasteiger partial charge in [0.2, 0.25) is 0 Å². The Morgan fingerprint density at radius 1 is 0.909 bits per heavy atom. The maximum absolute atomic E-state index is 11.8. The number of carbonyl (C=O) groups is 1. The molecule has 4 aromatic rings. The molecule has 0 fully saturated rings. The molecular weight excluding hydrogens is 418 g/mol. The lowest BCUT2D eigenvalue weighted by Gasteiger charge is -2.16. The van der Waals surface area contributed by atoms with Crippen molar-refractivity contribution in [3.8, 4) is 22.8 Å². The smallest absolute Gasteiger partial charge is 0.326 e. The summed E-state index contributed by atoms with van der Waals surface area (Å²) in [5, 5.41) is 22.2. The summed E-state index contributed by atoms with van der Waals surface area (Å²) in [5.74, 6) is 0.222. The van der Waals surface area contributed by atoms with Crippen LogP contribution in [-0.4, -0.2) is 32.2 Å². The number of hydrogen-bond donors (Lipinski definition) is 3. The molecule has 7 nitrogen and oxygen atoms in total. The van der Waals surface area contributed by atoms with E-state index < -0.39 is 12.0 Å². The minimum absolute atomic E-state index is 0.0946. The van der Waals surface area contributed by atoms with Crippen LogP contribution >= 0.6 is 0 Å². The van der Waals surface area contributed by atoms with Crippen molar-refractivity contribution in [2.24, 2.45) is 0 Å². The highest BCUT2D eigenvalue weighted by Gasteiger charge is 2.19. The van der Waals surface area contributed by atoms with E-state index in [4.69, 9.17) is 4.74 Å². The van der Waals surface area contributed by atoms with Crippen LogP contribution in [0.4, 0.5) is 5.82 Å². The zero-order valence-electron chi connectivity index (χ0n) is 17.8. The maximum Gasteiger partial charge on any atom is 0.326 e. The first-order chi connectivity index (χ1) is 16.1. The molecule has 0 saturated carbocycles. The van der Waals surface area contributed by atoms with Crippen molar-refractivity contribution >= 4 is 11.8 Å². The lowest BCUT2D eigenvalue weighted by atomic mass is 10.1. The zero-order valence-corrected chi connectivity index (χ0v) is 17.8. The number of rotatable bonds is 9. The van der Waals surface area contributed by atoms with E-state index in [0.29, 0.717) is 23.7 Å². The molecule has 7 heteroatoms. The summed E-state index contributed by atoms with van der Waals surface area (Å²) < 4.78 is 5.82. The number of phenols is 1. The predicted molar refractivity (Wildman–Crippen MR) is 125 cm³/mol. The van der Waals surface area contributed by atoms with Gasteiger partial charge in [0.15, 0.2) is 0 Å². The van der Waals surface area contributed by atoms with Crippen LogP contribution in [0.3, 0.4) is 0 Å². The molecule has 0 aliphatic heterocycles. The number of carboxylic acids is 1. The first-order valence-electron chi connectivity index (χ1n) is 10.4. The lowest BCUT2D eigenvalue weighted by Crippen LogP contribution is -2.31. The summed E-state index contributed by atoms with van der Waals surface area (Å²) >= 11 is 0. The van der Waals surface area contributed by atoms with E-state index in [1.807, 2.05) is 54.6 Å². The van der Waals surface area contributed by atoms with Crippen LogP contribution in [-0.2, 0) is 17.8 Å². The van der Waals surface area contributed by atoms with Crippen LogP contribution in [0.25, 0.3) is 11.3 Å². The number of anilines is 1. The molecule has 3 aromatic carbocycles. The standard InChI is InChI=1S/C26H23N3O4/c30-21-8-4-7-19(13-21)14-24(26(31)32)29-25-15-23(27-17-28-25)20-9-11-22(12-10-20)33-16-18-5-2-1-3-6-18/h1-13,15,17,24,30H,14,16H2,(H,31,32)(H,27,28,29). The van der Waals surface area contributed by atoms with E-state index in [9.17, 15) is 15.0 Å². The van der Waals surface area contributed by atoms with E-state index in [0.717, 1.165) is 16.9 Å². The molecule has 1 unspecified atom stereocenters. The minimum Gasteiger partial charge on any atom is -0.508 e. The molecule has 1 atom stereocenters. The number of phenolic OH excluding ortho intramolecular Hbond substituents is 1. The van der Waals surface area contributed by atoms with Gasteiger partial charge >= 0.3 is 5.97 Å². The third kappa shape index (κ3) is 6.07. The molecule has 0 aliphatic rings. The molecule has 1 aromatic heterocycles. The van der Waals surface area contributed by atoms with E-state index >= 15 is 0 Å². The highest BCUT2D eigenvalue weighted by atomic mass is 16.5. The fourth-order valence-corrected chi connectivity index (χ4v) is 3.35. The van der Waals surface area contributed by atoms with Gasteiger partial charge in [-0.25, -0.2) is 14.8 Å². The van der Waals surface area contributed by atoms with Gasteiger partial charge in [0, 0.05) is 18.1 Å². The van der Waals surface area contributed by atoms with E-state index in [1.54, 1.807) is 30.3 Å². The number of benzene rings is 3. The zero-order chi connectivity index (χ0) is 23.0.